The van der Waals surface area contributed by atoms with Crippen LogP contribution >= 0.6 is 11.3 Å². The fourth-order valence-corrected chi connectivity index (χ4v) is 3.97. The van der Waals surface area contributed by atoms with Gasteiger partial charge in [0.2, 0.25) is 0 Å². The molecule has 1 unspecified atom stereocenters. The lowest BCUT2D eigenvalue weighted by Crippen LogP contribution is -2.16. The Morgan fingerprint density at radius 2 is 2.35 bits per heavy atom. The van der Waals surface area contributed by atoms with E-state index in [1.165, 1.54) is 4.88 Å². The molecule has 5 nitrogen and oxygen atoms in total. The van der Waals surface area contributed by atoms with E-state index in [1.807, 2.05) is 23.1 Å². The summed E-state index contributed by atoms with van der Waals surface area (Å²) in [5, 5.41) is 7.24. The quantitative estimate of drug-likeness (QED) is 0.496. The molecule has 3 aromatic rings. The van der Waals surface area contributed by atoms with Crippen molar-refractivity contribution < 1.29 is 9.53 Å². The zero-order valence-electron chi connectivity index (χ0n) is 14.7. The van der Waals surface area contributed by atoms with Crippen LogP contribution in [0.25, 0.3) is 11.0 Å². The van der Waals surface area contributed by atoms with E-state index in [-0.39, 0.29) is 5.97 Å². The van der Waals surface area contributed by atoms with Gasteiger partial charge in [-0.25, -0.2) is 14.5 Å². The van der Waals surface area contributed by atoms with Crippen molar-refractivity contribution in [2.75, 3.05) is 6.61 Å². The molecule has 6 heteroatoms. The number of ether oxygens (including phenoxy) is 1. The van der Waals surface area contributed by atoms with Crippen molar-refractivity contribution in [1.29, 1.82) is 0 Å². The molecule has 0 N–H and O–H groups in total. The molecule has 0 saturated carbocycles. The van der Waals surface area contributed by atoms with Crippen LogP contribution < -0.4 is 0 Å². The molecule has 3 aromatic heterocycles. The van der Waals surface area contributed by atoms with E-state index in [4.69, 9.17) is 4.74 Å². The Morgan fingerprint density at radius 1 is 1.42 bits per heavy atom. The summed E-state index contributed by atoms with van der Waals surface area (Å²) in [6.45, 7) is 3.01. The van der Waals surface area contributed by atoms with Gasteiger partial charge in [0.05, 0.1) is 30.3 Å². The third-order valence-electron chi connectivity index (χ3n) is 4.67. The Labute approximate surface area is 156 Å². The van der Waals surface area contributed by atoms with Crippen LogP contribution in [0.15, 0.2) is 41.9 Å². The lowest BCUT2D eigenvalue weighted by molar-refractivity contribution is 0.0434. The van der Waals surface area contributed by atoms with E-state index in [1.54, 1.807) is 23.6 Å². The zero-order chi connectivity index (χ0) is 17.9. The Kier molecular flexibility index (Phi) is 4.84. The highest BCUT2D eigenvalue weighted by Gasteiger charge is 2.19. The minimum Gasteiger partial charge on any atom is -0.462 e. The van der Waals surface area contributed by atoms with Crippen LogP contribution in [-0.2, 0) is 11.3 Å². The predicted octanol–water partition coefficient (Wildman–Crippen LogP) is 4.36. The number of aryl methyl sites for hydroxylation is 1. The summed E-state index contributed by atoms with van der Waals surface area (Å²) in [5.41, 5.74) is 2.07. The first-order valence-corrected chi connectivity index (χ1v) is 9.76. The van der Waals surface area contributed by atoms with Crippen molar-refractivity contribution in [3.05, 3.63) is 58.1 Å². The van der Waals surface area contributed by atoms with Crippen LogP contribution in [0.2, 0.25) is 0 Å². The molecule has 0 aromatic carbocycles. The minimum atomic E-state index is -0.286. The average Bonchev–Trinajstić information content (AvgIpc) is 3.31. The topological polar surface area (TPSA) is 57.0 Å². The van der Waals surface area contributed by atoms with Crippen molar-refractivity contribution in [1.82, 2.24) is 14.8 Å². The van der Waals surface area contributed by atoms with Gasteiger partial charge in [-0.15, -0.1) is 11.3 Å². The predicted molar refractivity (Wildman–Crippen MR) is 102 cm³/mol. The first-order valence-electron chi connectivity index (χ1n) is 8.88. The molecule has 0 bridgehead atoms. The van der Waals surface area contributed by atoms with E-state index >= 15 is 0 Å². The Bertz CT molecular complexity index is 944. The Morgan fingerprint density at radius 3 is 3.12 bits per heavy atom. The molecule has 0 fully saturated rings. The Hall–Kier alpha value is -2.47. The van der Waals surface area contributed by atoms with Gasteiger partial charge in [-0.3, -0.25) is 0 Å². The van der Waals surface area contributed by atoms with Crippen LogP contribution in [0.3, 0.4) is 0 Å². The van der Waals surface area contributed by atoms with E-state index in [2.05, 4.69) is 28.3 Å². The van der Waals surface area contributed by atoms with Crippen molar-refractivity contribution >= 4 is 28.3 Å². The summed E-state index contributed by atoms with van der Waals surface area (Å²) in [6, 6.07) is 5.89. The number of thiophene rings is 1. The number of rotatable bonds is 5. The van der Waals surface area contributed by atoms with Gasteiger partial charge in [0, 0.05) is 10.6 Å². The van der Waals surface area contributed by atoms with Gasteiger partial charge in [-0.05, 0) is 49.6 Å². The average molecular weight is 367 g/mol. The largest absolute Gasteiger partial charge is 0.462 e. The van der Waals surface area contributed by atoms with Crippen molar-refractivity contribution in [2.24, 2.45) is 5.92 Å². The number of carbonyl (C=O) groups excluding carboxylic acids is 1. The highest BCUT2D eigenvalue weighted by Crippen LogP contribution is 2.23. The number of carbonyl (C=O) groups is 1. The second-order valence-electron chi connectivity index (χ2n) is 6.68. The fraction of sp³-hybridized carbons (Fsp3) is 0.350. The lowest BCUT2D eigenvalue weighted by Gasteiger charge is -2.17. The van der Waals surface area contributed by atoms with Gasteiger partial charge in [-0.2, -0.15) is 5.10 Å². The molecule has 0 amide bonds. The molecule has 134 valence electrons. The normalized spacial score (nSPS) is 16.9. The number of esters is 1. The van der Waals surface area contributed by atoms with Crippen LogP contribution in [-0.4, -0.2) is 27.3 Å². The Balaban J connectivity index is 1.57. The maximum absolute atomic E-state index is 12.7. The molecule has 0 spiro atoms. The van der Waals surface area contributed by atoms with E-state index in [9.17, 15) is 4.79 Å². The first-order chi connectivity index (χ1) is 12.7. The number of pyridine rings is 1. The summed E-state index contributed by atoms with van der Waals surface area (Å²) in [4.78, 5) is 18.5. The minimum absolute atomic E-state index is 0.286. The maximum atomic E-state index is 12.7. The highest BCUT2D eigenvalue weighted by atomic mass is 32.1. The SMILES string of the molecule is Cc1cc(C(=O)OCC2CC=CCC2)c2cnn(Cc3cccs3)c2n1. The highest BCUT2D eigenvalue weighted by molar-refractivity contribution is 7.09. The molecular formula is C20H21N3O2S. The van der Waals surface area contributed by atoms with Gasteiger partial charge in [0.25, 0.3) is 0 Å². The standard InChI is InChI=1S/C20H21N3O2S/c1-14-10-17(20(24)25-13-15-6-3-2-4-7-15)18-11-21-23(19(18)22-14)12-16-8-5-9-26-16/h2-3,5,8-11,15H,4,6-7,12-13H2,1H3. The van der Waals surface area contributed by atoms with Gasteiger partial charge >= 0.3 is 5.97 Å². The summed E-state index contributed by atoms with van der Waals surface area (Å²) in [5.74, 6) is 0.134. The third-order valence-corrected chi connectivity index (χ3v) is 5.53. The van der Waals surface area contributed by atoms with Crippen molar-refractivity contribution in [3.63, 3.8) is 0 Å². The molecule has 1 aliphatic rings. The summed E-state index contributed by atoms with van der Waals surface area (Å²) >= 11 is 1.68. The smallest absolute Gasteiger partial charge is 0.339 e. The van der Waals surface area contributed by atoms with Crippen molar-refractivity contribution in [3.8, 4) is 0 Å². The number of hydrogen-bond acceptors (Lipinski definition) is 5. The summed E-state index contributed by atoms with van der Waals surface area (Å²) in [7, 11) is 0. The van der Waals surface area contributed by atoms with E-state index in [0.29, 0.717) is 24.6 Å². The number of nitrogens with zero attached hydrogens (tertiary/aromatic N) is 3. The molecule has 3 heterocycles. The molecule has 26 heavy (non-hydrogen) atoms. The summed E-state index contributed by atoms with van der Waals surface area (Å²) in [6.07, 6.45) is 9.21. The van der Waals surface area contributed by atoms with Gasteiger partial charge in [0.1, 0.15) is 0 Å². The zero-order valence-corrected chi connectivity index (χ0v) is 15.5. The van der Waals surface area contributed by atoms with Crippen molar-refractivity contribution in [2.45, 2.75) is 32.7 Å². The molecule has 0 radical (unpaired) electrons. The number of aromatic nitrogens is 3. The molecule has 0 aliphatic heterocycles. The number of allylic oxidation sites excluding steroid dienone is 2. The molecule has 1 aliphatic carbocycles. The van der Waals surface area contributed by atoms with Gasteiger partial charge in [-0.1, -0.05) is 18.2 Å². The van der Waals surface area contributed by atoms with Crippen LogP contribution in [0.4, 0.5) is 0 Å². The third kappa shape index (κ3) is 3.55. The van der Waals surface area contributed by atoms with Gasteiger partial charge < -0.3 is 4.74 Å². The van der Waals surface area contributed by atoms with Crippen LogP contribution in [0.1, 0.15) is 40.2 Å². The fourth-order valence-electron chi connectivity index (χ4n) is 3.29. The molecule has 1 atom stereocenters. The molecule has 0 saturated heterocycles. The number of fused-ring (bicyclic) bond motifs is 1. The second-order valence-corrected chi connectivity index (χ2v) is 7.71. The molecule has 4 rings (SSSR count). The first kappa shape index (κ1) is 17.0. The van der Waals surface area contributed by atoms with Crippen LogP contribution in [0, 0.1) is 12.8 Å². The van der Waals surface area contributed by atoms with Gasteiger partial charge in [0.15, 0.2) is 5.65 Å². The van der Waals surface area contributed by atoms with E-state index in [0.717, 1.165) is 36.0 Å². The molecular weight excluding hydrogens is 346 g/mol. The second kappa shape index (κ2) is 7.41. The van der Waals surface area contributed by atoms with Crippen LogP contribution in [0.5, 0.6) is 0 Å². The monoisotopic (exact) mass is 367 g/mol. The van der Waals surface area contributed by atoms with E-state index < -0.39 is 0 Å². The summed E-state index contributed by atoms with van der Waals surface area (Å²) < 4.78 is 7.45. The number of hydrogen-bond donors (Lipinski definition) is 0. The lowest BCUT2D eigenvalue weighted by atomic mass is 9.95. The maximum Gasteiger partial charge on any atom is 0.339 e.